The van der Waals surface area contributed by atoms with Crippen LogP contribution >= 0.6 is 12.4 Å². The van der Waals surface area contributed by atoms with Crippen LogP contribution in [-0.2, 0) is 17.1 Å². The minimum atomic E-state index is -3.42. The van der Waals surface area contributed by atoms with E-state index in [-0.39, 0.29) is 17.4 Å². The van der Waals surface area contributed by atoms with Crippen LogP contribution in [0.4, 0.5) is 0 Å². The molecule has 0 amide bonds. The number of hydrogen-bond acceptors (Lipinski definition) is 4. The van der Waals surface area contributed by atoms with Crippen molar-refractivity contribution in [2.24, 2.45) is 13.0 Å². The van der Waals surface area contributed by atoms with Gasteiger partial charge in [0.15, 0.2) is 5.03 Å². The van der Waals surface area contributed by atoms with Crippen molar-refractivity contribution in [1.29, 1.82) is 0 Å². The minimum Gasteiger partial charge on any atom is -0.337 e. The molecule has 0 aliphatic carbocycles. The van der Waals surface area contributed by atoms with Gasteiger partial charge in [-0.25, -0.2) is 13.4 Å². The summed E-state index contributed by atoms with van der Waals surface area (Å²) in [7, 11) is 0.271. The highest BCUT2D eigenvalue weighted by atomic mass is 35.5. The van der Waals surface area contributed by atoms with Gasteiger partial charge in [-0.05, 0) is 32.9 Å². The first-order valence-corrected chi connectivity index (χ1v) is 7.54. The fourth-order valence-corrected chi connectivity index (χ4v) is 3.81. The highest BCUT2D eigenvalue weighted by molar-refractivity contribution is 7.89. The Balaban J connectivity index is 0.00000180. The molecule has 2 rings (SSSR count). The predicted octanol–water partition coefficient (Wildman–Crippen LogP) is 0.380. The molecule has 1 aromatic heterocycles. The van der Waals surface area contributed by atoms with Crippen LogP contribution in [0.3, 0.4) is 0 Å². The Morgan fingerprint density at radius 2 is 2.21 bits per heavy atom. The van der Waals surface area contributed by atoms with Crippen LogP contribution in [0.2, 0.25) is 0 Å². The Kier molecular flexibility index (Phi) is 5.37. The first-order valence-electron chi connectivity index (χ1n) is 6.10. The summed E-state index contributed by atoms with van der Waals surface area (Å²) in [5, 5.41) is 3.25. The summed E-state index contributed by atoms with van der Waals surface area (Å²) in [6, 6.07) is 0. The molecule has 0 radical (unpaired) electrons. The van der Waals surface area contributed by atoms with Crippen LogP contribution in [0.25, 0.3) is 0 Å². The molecule has 1 aromatic rings. The lowest BCUT2D eigenvalue weighted by molar-refractivity contribution is 0.449. The molecule has 6 nitrogen and oxygen atoms in total. The number of sulfonamides is 1. The standard InChI is InChI=1S/C11H20N4O2S.ClH/c1-9-13-11(8-14(9)3)18(16,17)15-5-4-10(7-15)6-12-2;/h8,10,12H,4-7H2,1-3H3;1H. The third-order valence-electron chi connectivity index (χ3n) is 3.43. The molecule has 0 aromatic carbocycles. The molecule has 1 N–H and O–H groups in total. The molecule has 1 aliphatic rings. The second kappa shape index (κ2) is 6.21. The van der Waals surface area contributed by atoms with Crippen molar-refractivity contribution in [2.75, 3.05) is 26.7 Å². The molecule has 1 unspecified atom stereocenters. The van der Waals surface area contributed by atoms with E-state index in [0.29, 0.717) is 24.8 Å². The summed E-state index contributed by atoms with van der Waals surface area (Å²) in [5.41, 5.74) is 0. The second-order valence-electron chi connectivity index (χ2n) is 4.81. The van der Waals surface area contributed by atoms with E-state index >= 15 is 0 Å². The highest BCUT2D eigenvalue weighted by Crippen LogP contribution is 2.23. The summed E-state index contributed by atoms with van der Waals surface area (Å²) >= 11 is 0. The van der Waals surface area contributed by atoms with Gasteiger partial charge in [0.25, 0.3) is 10.0 Å². The average molecular weight is 309 g/mol. The molecule has 110 valence electrons. The summed E-state index contributed by atoms with van der Waals surface area (Å²) in [4.78, 5) is 4.12. The van der Waals surface area contributed by atoms with Crippen molar-refractivity contribution in [3.05, 3.63) is 12.0 Å². The fraction of sp³-hybridized carbons (Fsp3) is 0.727. The van der Waals surface area contributed by atoms with E-state index in [1.165, 1.54) is 4.31 Å². The van der Waals surface area contributed by atoms with Gasteiger partial charge in [0.05, 0.1) is 0 Å². The number of aryl methyl sites for hydroxylation is 2. The Morgan fingerprint density at radius 1 is 1.53 bits per heavy atom. The van der Waals surface area contributed by atoms with E-state index in [1.807, 2.05) is 7.05 Å². The molecule has 1 aliphatic heterocycles. The molecule has 0 spiro atoms. The quantitative estimate of drug-likeness (QED) is 0.873. The maximum Gasteiger partial charge on any atom is 0.262 e. The lowest BCUT2D eigenvalue weighted by Crippen LogP contribution is -2.30. The maximum absolute atomic E-state index is 12.4. The van der Waals surface area contributed by atoms with E-state index in [9.17, 15) is 8.42 Å². The van der Waals surface area contributed by atoms with E-state index in [4.69, 9.17) is 0 Å². The van der Waals surface area contributed by atoms with Gasteiger partial charge in [-0.3, -0.25) is 0 Å². The number of nitrogens with zero attached hydrogens (tertiary/aromatic N) is 3. The monoisotopic (exact) mass is 308 g/mol. The molecule has 1 saturated heterocycles. The lowest BCUT2D eigenvalue weighted by atomic mass is 10.1. The normalized spacial score (nSPS) is 20.5. The zero-order valence-corrected chi connectivity index (χ0v) is 13.1. The van der Waals surface area contributed by atoms with Gasteiger partial charge in [0.2, 0.25) is 0 Å². The van der Waals surface area contributed by atoms with Gasteiger partial charge in [0.1, 0.15) is 5.82 Å². The van der Waals surface area contributed by atoms with E-state index in [1.54, 1.807) is 24.7 Å². The molecule has 1 fully saturated rings. The van der Waals surface area contributed by atoms with Gasteiger partial charge in [0, 0.05) is 26.3 Å². The molecular weight excluding hydrogens is 288 g/mol. The van der Waals surface area contributed by atoms with Crippen molar-refractivity contribution in [3.63, 3.8) is 0 Å². The molecule has 0 bridgehead atoms. The summed E-state index contributed by atoms with van der Waals surface area (Å²) in [6.07, 6.45) is 2.49. The van der Waals surface area contributed by atoms with Crippen molar-refractivity contribution in [2.45, 2.75) is 18.4 Å². The minimum absolute atomic E-state index is 0. The highest BCUT2D eigenvalue weighted by Gasteiger charge is 2.33. The molecular formula is C11H21ClN4O2S. The number of halogens is 1. The number of aromatic nitrogens is 2. The lowest BCUT2D eigenvalue weighted by Gasteiger charge is -2.14. The number of rotatable bonds is 4. The zero-order chi connectivity index (χ0) is 13.3. The van der Waals surface area contributed by atoms with E-state index in [2.05, 4.69) is 10.3 Å². The smallest absolute Gasteiger partial charge is 0.262 e. The number of nitrogens with one attached hydrogen (secondary N) is 1. The van der Waals surface area contributed by atoms with Crippen molar-refractivity contribution in [1.82, 2.24) is 19.2 Å². The summed E-state index contributed by atoms with van der Waals surface area (Å²) in [5.74, 6) is 1.11. The number of hydrogen-bond donors (Lipinski definition) is 1. The maximum atomic E-state index is 12.4. The summed E-state index contributed by atoms with van der Waals surface area (Å²) < 4.78 is 28.0. The largest absolute Gasteiger partial charge is 0.337 e. The Hall–Kier alpha value is -0.630. The third-order valence-corrected chi connectivity index (χ3v) is 5.17. The summed E-state index contributed by atoms with van der Waals surface area (Å²) in [6.45, 7) is 3.82. The molecule has 1 atom stereocenters. The van der Waals surface area contributed by atoms with Crippen LogP contribution < -0.4 is 5.32 Å². The van der Waals surface area contributed by atoms with Crippen molar-refractivity contribution < 1.29 is 8.42 Å². The van der Waals surface area contributed by atoms with Crippen LogP contribution in [0.15, 0.2) is 11.2 Å². The Labute approximate surface area is 120 Å². The van der Waals surface area contributed by atoms with Gasteiger partial charge in [-0.15, -0.1) is 12.4 Å². The van der Waals surface area contributed by atoms with Gasteiger partial charge in [-0.1, -0.05) is 0 Å². The first kappa shape index (κ1) is 16.4. The molecule has 2 heterocycles. The zero-order valence-electron chi connectivity index (χ0n) is 11.5. The predicted molar refractivity (Wildman–Crippen MR) is 76.0 cm³/mol. The van der Waals surface area contributed by atoms with Gasteiger partial charge >= 0.3 is 0 Å². The Bertz CT molecular complexity index is 509. The van der Waals surface area contributed by atoms with Crippen LogP contribution in [0, 0.1) is 12.8 Å². The van der Waals surface area contributed by atoms with Crippen molar-refractivity contribution in [3.8, 4) is 0 Å². The van der Waals surface area contributed by atoms with Gasteiger partial charge in [-0.2, -0.15) is 4.31 Å². The fourth-order valence-electron chi connectivity index (χ4n) is 2.25. The topological polar surface area (TPSA) is 67.2 Å². The Morgan fingerprint density at radius 3 is 2.74 bits per heavy atom. The van der Waals surface area contributed by atoms with E-state index in [0.717, 1.165) is 13.0 Å². The van der Waals surface area contributed by atoms with E-state index < -0.39 is 10.0 Å². The molecule has 8 heteroatoms. The van der Waals surface area contributed by atoms with Crippen LogP contribution in [0.5, 0.6) is 0 Å². The first-order chi connectivity index (χ1) is 8.45. The SMILES string of the molecule is CNCC1CCN(S(=O)(=O)c2cn(C)c(C)n2)C1.Cl. The van der Waals surface area contributed by atoms with Crippen LogP contribution in [0.1, 0.15) is 12.2 Å². The molecule has 0 saturated carbocycles. The van der Waals surface area contributed by atoms with Crippen LogP contribution in [-0.4, -0.2) is 49.0 Å². The van der Waals surface area contributed by atoms with Gasteiger partial charge < -0.3 is 9.88 Å². The van der Waals surface area contributed by atoms with Crippen molar-refractivity contribution >= 4 is 22.4 Å². The second-order valence-corrected chi connectivity index (χ2v) is 6.70. The third kappa shape index (κ3) is 3.28. The molecule has 19 heavy (non-hydrogen) atoms. The average Bonchev–Trinajstić information content (AvgIpc) is 2.88. The number of imidazole rings is 1.